The minimum Gasteiger partial charge on any atom is -0.497 e. The van der Waals surface area contributed by atoms with Crippen LogP contribution in [0, 0.1) is 5.92 Å². The van der Waals surface area contributed by atoms with Crippen LogP contribution in [0.2, 0.25) is 0 Å². The summed E-state index contributed by atoms with van der Waals surface area (Å²) in [5.74, 6) is 1.48. The molecular weight excluding hydrogens is 186 g/mol. The molecule has 0 bridgehead atoms. The van der Waals surface area contributed by atoms with Crippen molar-refractivity contribution >= 4 is 11.3 Å². The third kappa shape index (κ3) is 1.84. The van der Waals surface area contributed by atoms with Gasteiger partial charge in [-0.3, -0.25) is 0 Å². The van der Waals surface area contributed by atoms with Gasteiger partial charge in [-0.2, -0.15) is 0 Å². The lowest BCUT2D eigenvalue weighted by Gasteiger charge is -2.22. The molecule has 0 spiro atoms. The predicted molar refractivity (Wildman–Crippen MR) is 64.3 cm³/mol. The van der Waals surface area contributed by atoms with Gasteiger partial charge >= 0.3 is 0 Å². The van der Waals surface area contributed by atoms with E-state index in [2.05, 4.69) is 37.4 Å². The molecule has 0 fully saturated rings. The number of methoxy groups -OCH3 is 1. The molecular formula is C13H17NO. The third-order valence-electron chi connectivity index (χ3n) is 2.77. The Morgan fingerprint density at radius 1 is 1.33 bits per heavy atom. The van der Waals surface area contributed by atoms with Crippen LogP contribution in [0.4, 0.5) is 5.69 Å². The maximum atomic E-state index is 5.22. The van der Waals surface area contributed by atoms with Crippen LogP contribution in [0.1, 0.15) is 19.4 Å². The molecule has 0 amide bonds. The number of rotatable bonds is 2. The summed E-state index contributed by atoms with van der Waals surface area (Å²) in [6.45, 7) is 5.37. The Bertz CT molecular complexity index is 394. The van der Waals surface area contributed by atoms with Crippen molar-refractivity contribution in [1.29, 1.82) is 0 Å². The molecule has 0 radical (unpaired) electrons. The second kappa shape index (κ2) is 3.97. The van der Waals surface area contributed by atoms with Gasteiger partial charge in [-0.05, 0) is 23.6 Å². The number of fused-ring (bicyclic) bond motifs is 1. The molecule has 1 aliphatic rings. The molecule has 80 valence electrons. The van der Waals surface area contributed by atoms with E-state index in [0.717, 1.165) is 12.3 Å². The average molecular weight is 203 g/mol. The molecule has 0 saturated heterocycles. The number of nitrogens with one attached hydrogen (secondary N) is 1. The van der Waals surface area contributed by atoms with Gasteiger partial charge in [-0.25, -0.2) is 0 Å². The highest BCUT2D eigenvalue weighted by Gasteiger charge is 2.14. The molecule has 2 rings (SSSR count). The summed E-state index contributed by atoms with van der Waals surface area (Å²) in [5.41, 5.74) is 3.91. The molecule has 0 unspecified atom stereocenters. The number of allylic oxidation sites excluding steroid dienone is 1. The van der Waals surface area contributed by atoms with Crippen LogP contribution < -0.4 is 10.1 Å². The van der Waals surface area contributed by atoms with Gasteiger partial charge in [0.25, 0.3) is 0 Å². The van der Waals surface area contributed by atoms with E-state index in [9.17, 15) is 0 Å². The van der Waals surface area contributed by atoms with E-state index in [1.165, 1.54) is 16.8 Å². The van der Waals surface area contributed by atoms with Crippen LogP contribution in [0.5, 0.6) is 5.75 Å². The van der Waals surface area contributed by atoms with Gasteiger partial charge in [-0.15, -0.1) is 0 Å². The Labute approximate surface area is 91.0 Å². The largest absolute Gasteiger partial charge is 0.497 e. The highest BCUT2D eigenvalue weighted by molar-refractivity contribution is 5.80. The summed E-state index contributed by atoms with van der Waals surface area (Å²) in [6.07, 6.45) is 2.26. The van der Waals surface area contributed by atoms with Crippen molar-refractivity contribution < 1.29 is 4.74 Å². The second-order valence-corrected chi connectivity index (χ2v) is 4.11. The number of hydrogen-bond donors (Lipinski definition) is 1. The molecule has 1 N–H and O–H groups in total. The van der Waals surface area contributed by atoms with Crippen molar-refractivity contribution in [2.75, 3.05) is 19.0 Å². The van der Waals surface area contributed by atoms with Crippen molar-refractivity contribution in [2.45, 2.75) is 13.8 Å². The first-order chi connectivity index (χ1) is 7.22. The molecule has 2 nitrogen and oxygen atoms in total. The number of hydrogen-bond acceptors (Lipinski definition) is 2. The SMILES string of the molecule is COc1ccc2c(c1)NCC=C2C(C)C. The van der Waals surface area contributed by atoms with Crippen LogP contribution in [0.25, 0.3) is 5.57 Å². The average Bonchev–Trinajstić information content (AvgIpc) is 2.27. The fraction of sp³-hybridized carbons (Fsp3) is 0.385. The second-order valence-electron chi connectivity index (χ2n) is 4.11. The molecule has 2 heteroatoms. The first kappa shape index (κ1) is 10.1. The maximum absolute atomic E-state index is 5.22. The smallest absolute Gasteiger partial charge is 0.120 e. The molecule has 0 aliphatic carbocycles. The molecule has 1 aromatic carbocycles. The molecule has 15 heavy (non-hydrogen) atoms. The Kier molecular flexibility index (Phi) is 2.67. The van der Waals surface area contributed by atoms with E-state index in [1.807, 2.05) is 6.07 Å². The van der Waals surface area contributed by atoms with Gasteiger partial charge in [-0.1, -0.05) is 19.9 Å². The van der Waals surface area contributed by atoms with Gasteiger partial charge in [0.15, 0.2) is 0 Å². The first-order valence-electron chi connectivity index (χ1n) is 5.34. The third-order valence-corrected chi connectivity index (χ3v) is 2.77. The zero-order valence-corrected chi connectivity index (χ0v) is 9.50. The van der Waals surface area contributed by atoms with Crippen molar-refractivity contribution in [3.05, 3.63) is 29.8 Å². The van der Waals surface area contributed by atoms with Gasteiger partial charge in [0, 0.05) is 23.9 Å². The van der Waals surface area contributed by atoms with Crippen LogP contribution in [0.3, 0.4) is 0 Å². The lowest BCUT2D eigenvalue weighted by Crippen LogP contribution is -2.10. The Balaban J connectivity index is 2.44. The summed E-state index contributed by atoms with van der Waals surface area (Å²) in [6, 6.07) is 6.21. The molecule has 1 heterocycles. The molecule has 0 atom stereocenters. The number of anilines is 1. The predicted octanol–water partition coefficient (Wildman–Crippen LogP) is 3.16. The Hall–Kier alpha value is -1.44. The van der Waals surface area contributed by atoms with Crippen molar-refractivity contribution in [3.63, 3.8) is 0 Å². The number of benzene rings is 1. The minimum atomic E-state index is 0.569. The van der Waals surface area contributed by atoms with Crippen LogP contribution >= 0.6 is 0 Å². The fourth-order valence-corrected chi connectivity index (χ4v) is 1.98. The molecule has 0 saturated carbocycles. The van der Waals surface area contributed by atoms with Gasteiger partial charge in [0.2, 0.25) is 0 Å². The van der Waals surface area contributed by atoms with Gasteiger partial charge < -0.3 is 10.1 Å². The van der Waals surface area contributed by atoms with Crippen LogP contribution in [-0.2, 0) is 0 Å². The van der Waals surface area contributed by atoms with Crippen LogP contribution in [0.15, 0.2) is 24.3 Å². The van der Waals surface area contributed by atoms with Crippen molar-refractivity contribution in [1.82, 2.24) is 0 Å². The summed E-state index contributed by atoms with van der Waals surface area (Å²) < 4.78 is 5.22. The van der Waals surface area contributed by atoms with Gasteiger partial charge in [0.1, 0.15) is 5.75 Å². The lowest BCUT2D eigenvalue weighted by atomic mass is 9.91. The van der Waals surface area contributed by atoms with E-state index in [-0.39, 0.29) is 0 Å². The zero-order chi connectivity index (χ0) is 10.8. The topological polar surface area (TPSA) is 21.3 Å². The van der Waals surface area contributed by atoms with E-state index in [0.29, 0.717) is 5.92 Å². The molecule has 0 aromatic heterocycles. The van der Waals surface area contributed by atoms with Gasteiger partial charge in [0.05, 0.1) is 7.11 Å². The Morgan fingerprint density at radius 3 is 2.80 bits per heavy atom. The monoisotopic (exact) mass is 203 g/mol. The maximum Gasteiger partial charge on any atom is 0.120 e. The summed E-state index contributed by atoms with van der Waals surface area (Å²) in [4.78, 5) is 0. The quantitative estimate of drug-likeness (QED) is 0.797. The highest BCUT2D eigenvalue weighted by Crippen LogP contribution is 2.34. The van der Waals surface area contributed by atoms with E-state index in [1.54, 1.807) is 7.11 Å². The highest BCUT2D eigenvalue weighted by atomic mass is 16.5. The van der Waals surface area contributed by atoms with E-state index in [4.69, 9.17) is 4.74 Å². The van der Waals surface area contributed by atoms with Crippen molar-refractivity contribution in [3.8, 4) is 5.75 Å². The number of ether oxygens (including phenoxy) is 1. The summed E-state index contributed by atoms with van der Waals surface area (Å²) in [7, 11) is 1.70. The zero-order valence-electron chi connectivity index (χ0n) is 9.50. The summed E-state index contributed by atoms with van der Waals surface area (Å²) >= 11 is 0. The van der Waals surface area contributed by atoms with E-state index < -0.39 is 0 Å². The lowest BCUT2D eigenvalue weighted by molar-refractivity contribution is 0.415. The minimum absolute atomic E-state index is 0.569. The standard InChI is InChI=1S/C13H17NO/c1-9(2)11-6-7-14-13-8-10(15-3)4-5-12(11)13/h4-6,8-9,14H,7H2,1-3H3. The Morgan fingerprint density at radius 2 is 2.13 bits per heavy atom. The van der Waals surface area contributed by atoms with Crippen LogP contribution in [-0.4, -0.2) is 13.7 Å². The molecule has 1 aliphatic heterocycles. The normalized spacial score (nSPS) is 14.3. The first-order valence-corrected chi connectivity index (χ1v) is 5.34. The fourth-order valence-electron chi connectivity index (χ4n) is 1.98. The van der Waals surface area contributed by atoms with E-state index >= 15 is 0 Å². The molecule has 1 aromatic rings. The van der Waals surface area contributed by atoms with Crippen molar-refractivity contribution in [2.24, 2.45) is 5.92 Å². The summed E-state index contributed by atoms with van der Waals surface area (Å²) in [5, 5.41) is 3.37.